The predicted octanol–water partition coefficient (Wildman–Crippen LogP) is 3.58. The predicted molar refractivity (Wildman–Crippen MR) is 85.1 cm³/mol. The number of hydrogen-bond acceptors (Lipinski definition) is 2. The van der Waals surface area contributed by atoms with Gasteiger partial charge in [-0.05, 0) is 65.1 Å². The Bertz CT molecular complexity index is 448. The molecule has 2 heteroatoms. The first-order chi connectivity index (χ1) is 9.61. The highest BCUT2D eigenvalue weighted by atomic mass is 15.2. The Morgan fingerprint density at radius 1 is 1.10 bits per heavy atom. The standard InChI is InChI=1S/C18H28N2/c1-13-9-14(2)11-16(10-13)15(3)19-17-6-8-20-7-4-5-18(20)12-17/h9-11,15,17-19H,4-8,12H2,1-3H3. The van der Waals surface area contributed by atoms with Crippen molar-refractivity contribution in [2.24, 2.45) is 0 Å². The fourth-order valence-electron chi connectivity index (χ4n) is 4.09. The van der Waals surface area contributed by atoms with Crippen LogP contribution in [0.1, 0.15) is 55.3 Å². The van der Waals surface area contributed by atoms with Crippen LogP contribution in [0.25, 0.3) is 0 Å². The number of nitrogens with zero attached hydrogens (tertiary/aromatic N) is 1. The van der Waals surface area contributed by atoms with Crippen LogP contribution in [0.2, 0.25) is 0 Å². The maximum Gasteiger partial charge on any atom is 0.0294 e. The summed E-state index contributed by atoms with van der Waals surface area (Å²) in [7, 11) is 0. The molecule has 0 aliphatic carbocycles. The molecule has 20 heavy (non-hydrogen) atoms. The SMILES string of the molecule is Cc1cc(C)cc(C(C)NC2CCN3CCCC3C2)c1. The number of hydrogen-bond donors (Lipinski definition) is 1. The summed E-state index contributed by atoms with van der Waals surface area (Å²) in [6.45, 7) is 9.33. The zero-order valence-corrected chi connectivity index (χ0v) is 13.2. The average Bonchev–Trinajstić information content (AvgIpc) is 2.85. The molecule has 2 heterocycles. The molecule has 3 rings (SSSR count). The van der Waals surface area contributed by atoms with Crippen molar-refractivity contribution in [3.8, 4) is 0 Å². The molecule has 2 fully saturated rings. The van der Waals surface area contributed by atoms with Crippen molar-refractivity contribution in [2.45, 2.75) is 64.6 Å². The Morgan fingerprint density at radius 2 is 1.85 bits per heavy atom. The molecule has 2 saturated heterocycles. The van der Waals surface area contributed by atoms with Crippen LogP contribution in [0.3, 0.4) is 0 Å². The lowest BCUT2D eigenvalue weighted by molar-refractivity contribution is 0.162. The number of fused-ring (bicyclic) bond motifs is 1. The normalized spacial score (nSPS) is 28.4. The molecular weight excluding hydrogens is 244 g/mol. The van der Waals surface area contributed by atoms with Gasteiger partial charge in [0.15, 0.2) is 0 Å². The summed E-state index contributed by atoms with van der Waals surface area (Å²) in [5.41, 5.74) is 4.19. The lowest BCUT2D eigenvalue weighted by Gasteiger charge is -2.36. The second-order valence-electron chi connectivity index (χ2n) is 6.86. The molecule has 0 amide bonds. The number of benzene rings is 1. The summed E-state index contributed by atoms with van der Waals surface area (Å²) in [6, 6.07) is 8.93. The van der Waals surface area contributed by atoms with E-state index in [0.717, 1.165) is 6.04 Å². The quantitative estimate of drug-likeness (QED) is 0.905. The van der Waals surface area contributed by atoms with Crippen molar-refractivity contribution in [1.29, 1.82) is 0 Å². The van der Waals surface area contributed by atoms with Crippen LogP contribution in [0.4, 0.5) is 0 Å². The van der Waals surface area contributed by atoms with E-state index >= 15 is 0 Å². The monoisotopic (exact) mass is 272 g/mol. The van der Waals surface area contributed by atoms with E-state index in [1.54, 1.807) is 0 Å². The van der Waals surface area contributed by atoms with Gasteiger partial charge in [0, 0.05) is 18.1 Å². The van der Waals surface area contributed by atoms with Crippen molar-refractivity contribution < 1.29 is 0 Å². The van der Waals surface area contributed by atoms with Gasteiger partial charge < -0.3 is 10.2 Å². The Hall–Kier alpha value is -0.860. The largest absolute Gasteiger partial charge is 0.307 e. The van der Waals surface area contributed by atoms with Crippen LogP contribution in [0, 0.1) is 13.8 Å². The number of rotatable bonds is 3. The van der Waals surface area contributed by atoms with E-state index in [4.69, 9.17) is 0 Å². The lowest BCUT2D eigenvalue weighted by atomic mass is 9.95. The van der Waals surface area contributed by atoms with Crippen LogP contribution in [0.5, 0.6) is 0 Å². The van der Waals surface area contributed by atoms with Gasteiger partial charge in [0.1, 0.15) is 0 Å². The molecule has 3 atom stereocenters. The molecule has 110 valence electrons. The van der Waals surface area contributed by atoms with Gasteiger partial charge in [0.05, 0.1) is 0 Å². The Labute approximate surface area is 123 Å². The smallest absolute Gasteiger partial charge is 0.0294 e. The lowest BCUT2D eigenvalue weighted by Crippen LogP contribution is -2.46. The maximum absolute atomic E-state index is 3.88. The Morgan fingerprint density at radius 3 is 2.60 bits per heavy atom. The van der Waals surface area contributed by atoms with Gasteiger partial charge in [0.2, 0.25) is 0 Å². The number of aryl methyl sites for hydroxylation is 2. The third-order valence-electron chi connectivity index (χ3n) is 5.05. The van der Waals surface area contributed by atoms with E-state index in [9.17, 15) is 0 Å². The Balaban J connectivity index is 1.62. The van der Waals surface area contributed by atoms with Crippen molar-refractivity contribution in [3.05, 3.63) is 34.9 Å². The summed E-state index contributed by atoms with van der Waals surface area (Å²) in [5.74, 6) is 0. The zero-order chi connectivity index (χ0) is 14.1. The molecule has 1 aromatic carbocycles. The first-order valence-corrected chi connectivity index (χ1v) is 8.20. The molecule has 2 nitrogen and oxygen atoms in total. The van der Waals surface area contributed by atoms with E-state index in [1.165, 1.54) is 55.5 Å². The van der Waals surface area contributed by atoms with E-state index < -0.39 is 0 Å². The van der Waals surface area contributed by atoms with Crippen molar-refractivity contribution in [1.82, 2.24) is 10.2 Å². The van der Waals surface area contributed by atoms with Crippen LogP contribution in [-0.2, 0) is 0 Å². The summed E-state index contributed by atoms with van der Waals surface area (Å²) < 4.78 is 0. The fraction of sp³-hybridized carbons (Fsp3) is 0.667. The molecular formula is C18H28N2. The van der Waals surface area contributed by atoms with Gasteiger partial charge in [-0.2, -0.15) is 0 Å². The molecule has 2 aliphatic heterocycles. The van der Waals surface area contributed by atoms with Crippen molar-refractivity contribution in [2.75, 3.05) is 13.1 Å². The van der Waals surface area contributed by atoms with E-state index in [0.29, 0.717) is 12.1 Å². The van der Waals surface area contributed by atoms with Crippen LogP contribution in [0.15, 0.2) is 18.2 Å². The summed E-state index contributed by atoms with van der Waals surface area (Å²) >= 11 is 0. The maximum atomic E-state index is 3.88. The zero-order valence-electron chi connectivity index (χ0n) is 13.2. The van der Waals surface area contributed by atoms with E-state index in [-0.39, 0.29) is 0 Å². The minimum absolute atomic E-state index is 0.464. The third kappa shape index (κ3) is 3.07. The van der Waals surface area contributed by atoms with E-state index in [2.05, 4.69) is 49.2 Å². The van der Waals surface area contributed by atoms with Crippen molar-refractivity contribution in [3.63, 3.8) is 0 Å². The fourth-order valence-corrected chi connectivity index (χ4v) is 4.09. The molecule has 0 bridgehead atoms. The minimum Gasteiger partial charge on any atom is -0.307 e. The molecule has 2 aliphatic rings. The van der Waals surface area contributed by atoms with Gasteiger partial charge in [-0.1, -0.05) is 29.3 Å². The van der Waals surface area contributed by atoms with Gasteiger partial charge in [-0.3, -0.25) is 0 Å². The van der Waals surface area contributed by atoms with E-state index in [1.807, 2.05) is 0 Å². The topological polar surface area (TPSA) is 15.3 Å². The van der Waals surface area contributed by atoms with Crippen LogP contribution in [-0.4, -0.2) is 30.1 Å². The molecule has 0 spiro atoms. The molecule has 1 aromatic rings. The average molecular weight is 272 g/mol. The molecule has 1 N–H and O–H groups in total. The summed E-state index contributed by atoms with van der Waals surface area (Å²) in [5, 5.41) is 3.88. The molecule has 0 aromatic heterocycles. The number of nitrogens with one attached hydrogen (secondary N) is 1. The third-order valence-corrected chi connectivity index (χ3v) is 5.05. The summed E-state index contributed by atoms with van der Waals surface area (Å²) in [6.07, 6.45) is 5.47. The Kier molecular flexibility index (Phi) is 4.13. The minimum atomic E-state index is 0.464. The first kappa shape index (κ1) is 14.1. The molecule has 0 radical (unpaired) electrons. The highest BCUT2D eigenvalue weighted by Gasteiger charge is 2.31. The highest BCUT2D eigenvalue weighted by molar-refractivity contribution is 5.30. The second kappa shape index (κ2) is 5.87. The van der Waals surface area contributed by atoms with Gasteiger partial charge in [-0.15, -0.1) is 0 Å². The number of piperidine rings is 1. The molecule has 0 saturated carbocycles. The first-order valence-electron chi connectivity index (χ1n) is 8.20. The highest BCUT2D eigenvalue weighted by Crippen LogP contribution is 2.28. The van der Waals surface area contributed by atoms with Crippen molar-refractivity contribution >= 4 is 0 Å². The molecule has 3 unspecified atom stereocenters. The second-order valence-corrected chi connectivity index (χ2v) is 6.86. The van der Waals surface area contributed by atoms with Gasteiger partial charge >= 0.3 is 0 Å². The summed E-state index contributed by atoms with van der Waals surface area (Å²) in [4.78, 5) is 2.69. The van der Waals surface area contributed by atoms with Gasteiger partial charge in [-0.25, -0.2) is 0 Å². The van der Waals surface area contributed by atoms with Crippen LogP contribution < -0.4 is 5.32 Å². The van der Waals surface area contributed by atoms with Crippen LogP contribution >= 0.6 is 0 Å². The van der Waals surface area contributed by atoms with Gasteiger partial charge in [0.25, 0.3) is 0 Å².